The van der Waals surface area contributed by atoms with Gasteiger partial charge in [-0.25, -0.2) is 8.42 Å². The number of amides is 1. The van der Waals surface area contributed by atoms with Crippen LogP contribution in [-0.2, 0) is 21.2 Å². The van der Waals surface area contributed by atoms with Crippen molar-refractivity contribution in [3.63, 3.8) is 0 Å². The van der Waals surface area contributed by atoms with Crippen LogP contribution in [0.25, 0.3) is 0 Å². The molecule has 0 fully saturated rings. The van der Waals surface area contributed by atoms with Crippen LogP contribution in [0.15, 0.2) is 71.6 Å². The van der Waals surface area contributed by atoms with E-state index < -0.39 is 10.0 Å². The molecule has 178 valence electrons. The first kappa shape index (κ1) is 23.4. The number of carbonyl (C=O) groups excluding carboxylic acids is 1. The quantitative estimate of drug-likeness (QED) is 0.498. The van der Waals surface area contributed by atoms with Gasteiger partial charge in [0.2, 0.25) is 0 Å². The molecule has 0 saturated carbocycles. The summed E-state index contributed by atoms with van der Waals surface area (Å²) in [4.78, 5) is 12.2. The van der Waals surface area contributed by atoms with E-state index in [2.05, 4.69) is 17.0 Å². The molecule has 3 aromatic rings. The third-order valence-corrected chi connectivity index (χ3v) is 6.53. The number of carbonyl (C=O) groups is 1. The molecule has 1 aliphatic heterocycles. The van der Waals surface area contributed by atoms with Crippen LogP contribution < -0.4 is 24.2 Å². The predicted molar refractivity (Wildman–Crippen MR) is 129 cm³/mol. The van der Waals surface area contributed by atoms with Crippen molar-refractivity contribution in [3.05, 3.63) is 72.3 Å². The van der Waals surface area contributed by atoms with Gasteiger partial charge in [-0.15, -0.1) is 0 Å². The lowest BCUT2D eigenvalue weighted by molar-refractivity contribution is -0.118. The summed E-state index contributed by atoms with van der Waals surface area (Å²) in [5.41, 5.74) is 2.07. The lowest BCUT2D eigenvalue weighted by atomic mass is 10.2. The van der Waals surface area contributed by atoms with E-state index in [1.807, 2.05) is 24.3 Å². The molecule has 1 amide bonds. The second-order valence-electron chi connectivity index (χ2n) is 7.68. The molecule has 8 nitrogen and oxygen atoms in total. The monoisotopic (exact) mass is 482 g/mol. The van der Waals surface area contributed by atoms with Crippen LogP contribution in [0.2, 0.25) is 0 Å². The molecule has 9 heteroatoms. The maximum Gasteiger partial charge on any atom is 0.262 e. The molecule has 1 aliphatic rings. The van der Waals surface area contributed by atoms with Crippen molar-refractivity contribution in [3.8, 4) is 17.2 Å². The topological polar surface area (TPSA) is 103 Å². The van der Waals surface area contributed by atoms with E-state index in [9.17, 15) is 13.2 Å². The van der Waals surface area contributed by atoms with Crippen molar-refractivity contribution in [1.82, 2.24) is 0 Å². The molecule has 0 aromatic heterocycles. The predicted octanol–water partition coefficient (Wildman–Crippen LogP) is 4.23. The largest absolute Gasteiger partial charge is 0.490 e. The molecule has 3 aromatic carbocycles. The SMILES string of the molecule is CCc1ccc(OCC(=O)Nc2ccc(NS(=O)(=O)c3ccc4c(c3)OCCCO4)cc2)cc1. The molecule has 4 rings (SSSR count). The molecule has 0 unspecified atom stereocenters. The Morgan fingerprint density at radius 2 is 1.59 bits per heavy atom. The smallest absolute Gasteiger partial charge is 0.262 e. The fourth-order valence-electron chi connectivity index (χ4n) is 3.31. The van der Waals surface area contributed by atoms with Crippen molar-refractivity contribution >= 4 is 27.3 Å². The van der Waals surface area contributed by atoms with Crippen molar-refractivity contribution in [2.75, 3.05) is 29.9 Å². The Morgan fingerprint density at radius 3 is 2.29 bits per heavy atom. The Kier molecular flexibility index (Phi) is 7.22. The molecular formula is C25H26N2O6S. The first-order chi connectivity index (χ1) is 16.4. The number of ether oxygens (including phenoxy) is 3. The molecular weight excluding hydrogens is 456 g/mol. The van der Waals surface area contributed by atoms with E-state index in [-0.39, 0.29) is 17.4 Å². The highest BCUT2D eigenvalue weighted by Crippen LogP contribution is 2.32. The number of rotatable bonds is 8. The number of hydrogen-bond donors (Lipinski definition) is 2. The summed E-state index contributed by atoms with van der Waals surface area (Å²) in [5, 5.41) is 2.72. The zero-order valence-electron chi connectivity index (χ0n) is 18.7. The lowest BCUT2D eigenvalue weighted by Crippen LogP contribution is -2.20. The highest BCUT2D eigenvalue weighted by Gasteiger charge is 2.19. The van der Waals surface area contributed by atoms with E-state index in [0.717, 1.165) is 12.8 Å². The number of sulfonamides is 1. The molecule has 2 N–H and O–H groups in total. The summed E-state index contributed by atoms with van der Waals surface area (Å²) in [6.07, 6.45) is 1.67. The maximum atomic E-state index is 12.8. The van der Waals surface area contributed by atoms with Gasteiger partial charge < -0.3 is 19.5 Å². The van der Waals surface area contributed by atoms with E-state index in [4.69, 9.17) is 14.2 Å². The Labute approximate surface area is 198 Å². The fourth-order valence-corrected chi connectivity index (χ4v) is 4.39. The van der Waals surface area contributed by atoms with Gasteiger partial charge in [-0.05, 0) is 60.5 Å². The molecule has 0 aliphatic carbocycles. The number of aryl methyl sites for hydroxylation is 1. The molecule has 0 radical (unpaired) electrons. The number of nitrogens with one attached hydrogen (secondary N) is 2. The molecule has 34 heavy (non-hydrogen) atoms. The Morgan fingerprint density at radius 1 is 0.912 bits per heavy atom. The van der Waals surface area contributed by atoms with Gasteiger partial charge in [-0.1, -0.05) is 19.1 Å². The van der Waals surface area contributed by atoms with E-state index in [1.165, 1.54) is 17.7 Å². The summed E-state index contributed by atoms with van der Waals surface area (Å²) >= 11 is 0. The number of hydrogen-bond acceptors (Lipinski definition) is 6. The summed E-state index contributed by atoms with van der Waals surface area (Å²) in [7, 11) is -3.83. The third kappa shape index (κ3) is 5.99. The highest BCUT2D eigenvalue weighted by atomic mass is 32.2. The molecule has 0 saturated heterocycles. The molecule has 0 spiro atoms. The second-order valence-corrected chi connectivity index (χ2v) is 9.36. The molecule has 0 bridgehead atoms. The summed E-state index contributed by atoms with van der Waals surface area (Å²) in [6.45, 7) is 2.93. The minimum atomic E-state index is -3.83. The normalized spacial score (nSPS) is 13.0. The average Bonchev–Trinajstić information content (AvgIpc) is 3.09. The van der Waals surface area contributed by atoms with Gasteiger partial charge in [0.05, 0.1) is 18.1 Å². The van der Waals surface area contributed by atoms with Gasteiger partial charge >= 0.3 is 0 Å². The zero-order chi connectivity index (χ0) is 24.0. The average molecular weight is 483 g/mol. The van der Waals surface area contributed by atoms with Crippen molar-refractivity contribution in [1.29, 1.82) is 0 Å². The fraction of sp³-hybridized carbons (Fsp3) is 0.240. The maximum absolute atomic E-state index is 12.8. The number of fused-ring (bicyclic) bond motifs is 1. The number of benzene rings is 3. The second kappa shape index (κ2) is 10.5. The van der Waals surface area contributed by atoms with E-state index >= 15 is 0 Å². The van der Waals surface area contributed by atoms with Crippen LogP contribution in [-0.4, -0.2) is 34.1 Å². The first-order valence-corrected chi connectivity index (χ1v) is 12.5. The number of anilines is 2. The van der Waals surface area contributed by atoms with E-state index in [1.54, 1.807) is 30.3 Å². The van der Waals surface area contributed by atoms with Gasteiger partial charge in [0.1, 0.15) is 5.75 Å². The third-order valence-electron chi connectivity index (χ3n) is 5.15. The van der Waals surface area contributed by atoms with Crippen LogP contribution in [0, 0.1) is 0 Å². The van der Waals surface area contributed by atoms with E-state index in [0.29, 0.717) is 41.8 Å². The van der Waals surface area contributed by atoms with Gasteiger partial charge in [-0.2, -0.15) is 0 Å². The Bertz CT molecular complexity index is 1240. The van der Waals surface area contributed by atoms with Gasteiger partial charge in [0.15, 0.2) is 18.1 Å². The Balaban J connectivity index is 1.33. The lowest BCUT2D eigenvalue weighted by Gasteiger charge is -2.12. The van der Waals surface area contributed by atoms with Crippen LogP contribution in [0.3, 0.4) is 0 Å². The van der Waals surface area contributed by atoms with Crippen LogP contribution in [0.5, 0.6) is 17.2 Å². The van der Waals surface area contributed by atoms with Crippen molar-refractivity contribution in [2.45, 2.75) is 24.7 Å². The van der Waals surface area contributed by atoms with Gasteiger partial charge in [-0.3, -0.25) is 9.52 Å². The van der Waals surface area contributed by atoms with Crippen molar-refractivity contribution < 1.29 is 27.4 Å². The summed E-state index contributed by atoms with van der Waals surface area (Å²) < 4.78 is 44.8. The standard InChI is InChI=1S/C25H26N2O6S/c1-2-18-4-10-21(11-5-18)33-17-25(28)26-19-6-8-20(9-7-19)27-34(29,30)22-12-13-23-24(16-22)32-15-3-14-31-23/h4-13,16,27H,2-3,14-15,17H2,1H3,(H,26,28). The molecule has 1 heterocycles. The van der Waals surface area contributed by atoms with Gasteiger partial charge in [0.25, 0.3) is 15.9 Å². The molecule has 0 atom stereocenters. The summed E-state index contributed by atoms with van der Waals surface area (Å²) in [5.74, 6) is 1.23. The minimum Gasteiger partial charge on any atom is -0.490 e. The van der Waals surface area contributed by atoms with Crippen molar-refractivity contribution in [2.24, 2.45) is 0 Å². The van der Waals surface area contributed by atoms with Crippen LogP contribution >= 0.6 is 0 Å². The first-order valence-electron chi connectivity index (χ1n) is 11.0. The Hall–Kier alpha value is -3.72. The van der Waals surface area contributed by atoms with Gasteiger partial charge in [0, 0.05) is 23.9 Å². The van der Waals surface area contributed by atoms with Crippen LogP contribution in [0.4, 0.5) is 11.4 Å². The van der Waals surface area contributed by atoms with Crippen LogP contribution in [0.1, 0.15) is 18.9 Å². The minimum absolute atomic E-state index is 0.0678. The highest BCUT2D eigenvalue weighted by molar-refractivity contribution is 7.92. The summed E-state index contributed by atoms with van der Waals surface area (Å²) in [6, 6.07) is 18.5. The zero-order valence-corrected chi connectivity index (χ0v) is 19.6.